The Morgan fingerprint density at radius 1 is 1.07 bits per heavy atom. The third kappa shape index (κ3) is 2.09. The number of nitrogens with two attached hydrogens (primary N) is 1. The summed E-state index contributed by atoms with van der Waals surface area (Å²) in [6.07, 6.45) is 0.810. The average Bonchev–Trinajstić information content (AvgIpc) is 2.82. The van der Waals surface area contributed by atoms with E-state index in [2.05, 4.69) is 0 Å². The van der Waals surface area contributed by atoms with E-state index in [1.807, 2.05) is 30.3 Å². The lowest BCUT2D eigenvalue weighted by atomic mass is 10.0. The fraction of sp³-hybridized carbons (Fsp3) is 0.167. The summed E-state index contributed by atoms with van der Waals surface area (Å²) in [5, 5.41) is 9.98. The van der Waals surface area contributed by atoms with E-state index in [1.165, 1.54) is 0 Å². The van der Waals surface area contributed by atoms with Crippen LogP contribution in [0.3, 0.4) is 0 Å². The Bertz CT molecular complexity index is 397. The number of rotatable bonds is 3. The first-order chi connectivity index (χ1) is 7.29. The Balaban J connectivity index is 2.18. The van der Waals surface area contributed by atoms with Crippen LogP contribution in [0.2, 0.25) is 0 Å². The van der Waals surface area contributed by atoms with Gasteiger partial charge >= 0.3 is 0 Å². The van der Waals surface area contributed by atoms with Crippen LogP contribution in [-0.4, -0.2) is 5.11 Å². The lowest BCUT2D eigenvalue weighted by Crippen LogP contribution is -2.18. The van der Waals surface area contributed by atoms with E-state index in [-0.39, 0.29) is 0 Å². The van der Waals surface area contributed by atoms with Gasteiger partial charge in [0.15, 0.2) is 0 Å². The van der Waals surface area contributed by atoms with Crippen LogP contribution in [0.25, 0.3) is 0 Å². The molecule has 0 fully saturated rings. The van der Waals surface area contributed by atoms with E-state index >= 15 is 0 Å². The Morgan fingerprint density at radius 2 is 1.80 bits per heavy atom. The van der Waals surface area contributed by atoms with Crippen molar-refractivity contribution in [1.82, 2.24) is 0 Å². The van der Waals surface area contributed by atoms with E-state index in [9.17, 15) is 5.11 Å². The summed E-state index contributed by atoms with van der Waals surface area (Å²) in [5.41, 5.74) is 6.66. The van der Waals surface area contributed by atoms with Crippen molar-refractivity contribution in [2.75, 3.05) is 0 Å². The minimum Gasteiger partial charge on any atom is -0.468 e. The smallest absolute Gasteiger partial charge is 0.123 e. The number of hydrogen-bond donors (Lipinski definition) is 2. The Kier molecular flexibility index (Phi) is 2.85. The normalized spacial score (nSPS) is 14.8. The number of benzene rings is 1. The summed E-state index contributed by atoms with van der Waals surface area (Å²) in [4.78, 5) is 0. The minimum absolute atomic E-state index is 0.526. The molecule has 2 rings (SSSR count). The number of aliphatic hydroxyl groups is 1. The summed E-state index contributed by atoms with van der Waals surface area (Å²) in [6, 6.07) is 12.3. The van der Waals surface area contributed by atoms with Crippen LogP contribution in [0.4, 0.5) is 0 Å². The van der Waals surface area contributed by atoms with Crippen molar-refractivity contribution in [2.45, 2.75) is 12.1 Å². The molecular formula is C12H13NO2. The van der Waals surface area contributed by atoms with Gasteiger partial charge in [-0.25, -0.2) is 0 Å². The summed E-state index contributed by atoms with van der Waals surface area (Å²) in [7, 11) is 0. The molecule has 0 aliphatic carbocycles. The van der Waals surface area contributed by atoms with Gasteiger partial charge in [0.05, 0.1) is 12.3 Å². The predicted octanol–water partition coefficient (Wildman–Crippen LogP) is 2.01. The summed E-state index contributed by atoms with van der Waals surface area (Å²) < 4.78 is 5.15. The molecule has 0 radical (unpaired) electrons. The Morgan fingerprint density at radius 3 is 2.40 bits per heavy atom. The molecule has 0 amide bonds. The van der Waals surface area contributed by atoms with E-state index in [4.69, 9.17) is 10.2 Å². The minimum atomic E-state index is -0.739. The molecule has 1 aromatic carbocycles. The second kappa shape index (κ2) is 4.29. The van der Waals surface area contributed by atoms with Crippen molar-refractivity contribution in [3.63, 3.8) is 0 Å². The lowest BCUT2D eigenvalue weighted by molar-refractivity contribution is 0.136. The third-order valence-electron chi connectivity index (χ3n) is 2.35. The molecule has 0 saturated heterocycles. The van der Waals surface area contributed by atoms with E-state index < -0.39 is 12.1 Å². The van der Waals surface area contributed by atoms with Crippen molar-refractivity contribution >= 4 is 0 Å². The zero-order valence-electron chi connectivity index (χ0n) is 8.21. The van der Waals surface area contributed by atoms with Crippen molar-refractivity contribution in [1.29, 1.82) is 0 Å². The quantitative estimate of drug-likeness (QED) is 0.802. The fourth-order valence-corrected chi connectivity index (χ4v) is 1.49. The summed E-state index contributed by atoms with van der Waals surface area (Å²) >= 11 is 0. The first kappa shape index (κ1) is 9.96. The Labute approximate surface area is 88.1 Å². The molecule has 3 N–H and O–H groups in total. The molecule has 1 heterocycles. The van der Waals surface area contributed by atoms with Crippen LogP contribution in [0.15, 0.2) is 53.1 Å². The van der Waals surface area contributed by atoms with Crippen LogP contribution < -0.4 is 5.73 Å². The van der Waals surface area contributed by atoms with Gasteiger partial charge in [0, 0.05) is 0 Å². The predicted molar refractivity (Wildman–Crippen MR) is 57.0 cm³/mol. The zero-order chi connectivity index (χ0) is 10.7. The third-order valence-corrected chi connectivity index (χ3v) is 2.35. The van der Waals surface area contributed by atoms with Gasteiger partial charge in [-0.15, -0.1) is 0 Å². The Hall–Kier alpha value is -1.58. The average molecular weight is 203 g/mol. The molecule has 0 spiro atoms. The van der Waals surface area contributed by atoms with Gasteiger partial charge < -0.3 is 15.3 Å². The molecular weight excluding hydrogens is 190 g/mol. The van der Waals surface area contributed by atoms with Crippen molar-refractivity contribution in [3.05, 3.63) is 60.1 Å². The van der Waals surface area contributed by atoms with Gasteiger partial charge in [0.1, 0.15) is 11.9 Å². The summed E-state index contributed by atoms with van der Waals surface area (Å²) in [5.74, 6) is 0.589. The highest BCUT2D eigenvalue weighted by Gasteiger charge is 2.20. The van der Waals surface area contributed by atoms with Gasteiger partial charge in [0.25, 0.3) is 0 Å². The topological polar surface area (TPSA) is 59.4 Å². The van der Waals surface area contributed by atoms with Crippen LogP contribution in [0.1, 0.15) is 23.5 Å². The second-order valence-electron chi connectivity index (χ2n) is 3.40. The van der Waals surface area contributed by atoms with Crippen molar-refractivity contribution in [3.8, 4) is 0 Å². The molecule has 2 atom stereocenters. The van der Waals surface area contributed by atoms with E-state index in [1.54, 1.807) is 18.4 Å². The molecule has 0 aliphatic heterocycles. The van der Waals surface area contributed by atoms with Crippen LogP contribution in [-0.2, 0) is 0 Å². The molecule has 0 bridgehead atoms. The van der Waals surface area contributed by atoms with Crippen molar-refractivity contribution in [2.24, 2.45) is 5.73 Å². The van der Waals surface area contributed by atoms with Crippen LogP contribution in [0.5, 0.6) is 0 Å². The van der Waals surface area contributed by atoms with Gasteiger partial charge in [-0.2, -0.15) is 0 Å². The molecule has 0 unspecified atom stereocenters. The maximum atomic E-state index is 9.98. The van der Waals surface area contributed by atoms with Crippen molar-refractivity contribution < 1.29 is 9.52 Å². The molecule has 3 heteroatoms. The van der Waals surface area contributed by atoms with Gasteiger partial charge in [-0.1, -0.05) is 30.3 Å². The fourth-order valence-electron chi connectivity index (χ4n) is 1.49. The zero-order valence-corrected chi connectivity index (χ0v) is 8.21. The first-order valence-corrected chi connectivity index (χ1v) is 4.81. The lowest BCUT2D eigenvalue weighted by Gasteiger charge is -2.16. The van der Waals surface area contributed by atoms with Gasteiger partial charge in [-0.3, -0.25) is 0 Å². The highest BCUT2D eigenvalue weighted by atomic mass is 16.3. The SMILES string of the molecule is N[C@@H](c1ccco1)[C@H](O)c1ccccc1. The van der Waals surface area contributed by atoms with Crippen LogP contribution >= 0.6 is 0 Å². The maximum Gasteiger partial charge on any atom is 0.123 e. The second-order valence-corrected chi connectivity index (χ2v) is 3.40. The van der Waals surface area contributed by atoms with Crippen LogP contribution in [0, 0.1) is 0 Å². The highest BCUT2D eigenvalue weighted by Crippen LogP contribution is 2.26. The monoisotopic (exact) mass is 203 g/mol. The molecule has 2 aromatic rings. The number of hydrogen-bond acceptors (Lipinski definition) is 3. The molecule has 3 nitrogen and oxygen atoms in total. The number of aliphatic hydroxyl groups excluding tert-OH is 1. The highest BCUT2D eigenvalue weighted by molar-refractivity contribution is 5.21. The molecule has 1 aromatic heterocycles. The first-order valence-electron chi connectivity index (χ1n) is 4.81. The van der Waals surface area contributed by atoms with Gasteiger partial charge in [0.2, 0.25) is 0 Å². The summed E-state index contributed by atoms with van der Waals surface area (Å²) in [6.45, 7) is 0. The van der Waals surface area contributed by atoms with Gasteiger partial charge in [-0.05, 0) is 17.7 Å². The maximum absolute atomic E-state index is 9.98. The molecule has 0 aliphatic rings. The standard InChI is InChI=1S/C12H13NO2/c13-11(10-7-4-8-15-10)12(14)9-5-2-1-3-6-9/h1-8,11-12,14H,13H2/t11-,12+/m0/s1. The van der Waals surface area contributed by atoms with E-state index in [0.717, 1.165) is 5.56 Å². The molecule has 78 valence electrons. The largest absolute Gasteiger partial charge is 0.468 e. The number of furan rings is 1. The van der Waals surface area contributed by atoms with E-state index in [0.29, 0.717) is 5.76 Å². The molecule has 15 heavy (non-hydrogen) atoms. The molecule has 0 saturated carbocycles.